The maximum absolute atomic E-state index is 13.2. The fourth-order valence-corrected chi connectivity index (χ4v) is 11.1. The van der Waals surface area contributed by atoms with Gasteiger partial charge in [-0.05, 0) is 17.1 Å². The van der Waals surface area contributed by atoms with Crippen LogP contribution in [0.3, 0.4) is 0 Å². The van der Waals surface area contributed by atoms with Gasteiger partial charge in [-0.2, -0.15) is 0 Å². The van der Waals surface area contributed by atoms with E-state index in [0.29, 0.717) is 17.1 Å². The van der Waals surface area contributed by atoms with Crippen LogP contribution in [0.15, 0.2) is 0 Å². The lowest BCUT2D eigenvalue weighted by molar-refractivity contribution is -0.139. The Balaban J connectivity index is 5.50. The Morgan fingerprint density at radius 3 is 1.71 bits per heavy atom. The Kier molecular flexibility index (Phi) is 13.8. The summed E-state index contributed by atoms with van der Waals surface area (Å²) in [6, 6.07) is 1.51. The Hall–Kier alpha value is -0.216. The van der Waals surface area contributed by atoms with Crippen molar-refractivity contribution in [1.29, 1.82) is 0 Å². The van der Waals surface area contributed by atoms with Crippen molar-refractivity contribution in [3.05, 3.63) is 0 Å². The molecular formula is C21H46O5Si2. The maximum atomic E-state index is 13.2. The molecule has 0 aromatic rings. The van der Waals surface area contributed by atoms with Crippen LogP contribution in [0.2, 0.25) is 23.2 Å². The van der Waals surface area contributed by atoms with Crippen LogP contribution < -0.4 is 0 Å². The Morgan fingerprint density at radius 2 is 1.32 bits per heavy atom. The second kappa shape index (κ2) is 13.9. The molecule has 0 heterocycles. The number of hydrogen-bond acceptors (Lipinski definition) is 5. The summed E-state index contributed by atoms with van der Waals surface area (Å²) in [5.41, 5.74) is 0.906. The number of carbonyl (C=O) groups excluding carboxylic acids is 1. The van der Waals surface area contributed by atoms with Gasteiger partial charge in [0.05, 0.1) is 5.92 Å². The van der Waals surface area contributed by atoms with Crippen LogP contribution in [-0.2, 0) is 22.5 Å². The highest BCUT2D eigenvalue weighted by atomic mass is 28.4. The van der Waals surface area contributed by atoms with E-state index >= 15 is 0 Å². The zero-order chi connectivity index (χ0) is 21.8. The smallest absolute Gasteiger partial charge is 0.501 e. The van der Waals surface area contributed by atoms with Gasteiger partial charge in [0.15, 0.2) is 0 Å². The molecule has 3 unspecified atom stereocenters. The molecule has 0 aromatic carbocycles. The number of hydrogen-bond donors (Lipinski definition) is 0. The summed E-state index contributed by atoms with van der Waals surface area (Å²) in [4.78, 5) is 13.2. The van der Waals surface area contributed by atoms with Crippen LogP contribution in [-0.4, -0.2) is 44.4 Å². The third-order valence-corrected chi connectivity index (χ3v) is 15.3. The Labute approximate surface area is 176 Å². The fraction of sp³-hybridized carbons (Fsp3) is 0.952. The quantitative estimate of drug-likeness (QED) is 0.215. The van der Waals surface area contributed by atoms with Crippen molar-refractivity contribution in [3.8, 4) is 0 Å². The van der Waals surface area contributed by atoms with Crippen LogP contribution in [0.25, 0.3) is 0 Å². The molecule has 0 aromatic heterocycles. The molecule has 0 aliphatic carbocycles. The minimum atomic E-state index is -2.81. The molecule has 0 amide bonds. The molecule has 0 radical (unpaired) electrons. The summed E-state index contributed by atoms with van der Waals surface area (Å²) in [5, 5.41) is 0. The minimum absolute atomic E-state index is 0.106. The third kappa shape index (κ3) is 7.56. The summed E-state index contributed by atoms with van der Waals surface area (Å²) < 4.78 is 23.1. The average Bonchev–Trinajstić information content (AvgIpc) is 2.72. The topological polar surface area (TPSA) is 54.0 Å². The molecule has 0 aliphatic heterocycles. The molecule has 0 bridgehead atoms. The highest BCUT2D eigenvalue weighted by molar-refractivity contribution is 6.77. The van der Waals surface area contributed by atoms with Gasteiger partial charge in [-0.25, -0.2) is 0 Å². The second-order valence-corrected chi connectivity index (χ2v) is 15.8. The first-order valence-corrected chi connectivity index (χ1v) is 15.3. The van der Waals surface area contributed by atoms with Gasteiger partial charge >= 0.3 is 8.80 Å². The summed E-state index contributed by atoms with van der Waals surface area (Å²) in [5.74, 6) is -0.409. The molecule has 0 fully saturated rings. The second-order valence-electron chi connectivity index (χ2n) is 8.21. The highest BCUT2D eigenvalue weighted by Gasteiger charge is 2.49. The van der Waals surface area contributed by atoms with Crippen LogP contribution >= 0.6 is 0 Å². The molecule has 3 atom stereocenters. The number of unbranched alkanes of at least 4 members (excludes halogenated alkanes) is 3. The predicted molar refractivity (Wildman–Crippen MR) is 121 cm³/mol. The van der Waals surface area contributed by atoms with Crippen molar-refractivity contribution in [2.45, 2.75) is 103 Å². The van der Waals surface area contributed by atoms with E-state index in [2.05, 4.69) is 34.6 Å². The normalized spacial score (nSPS) is 17.6. The zero-order valence-electron chi connectivity index (χ0n) is 19.9. The van der Waals surface area contributed by atoms with Crippen LogP contribution in [0.4, 0.5) is 0 Å². The summed E-state index contributed by atoms with van der Waals surface area (Å²) in [7, 11) is -0.295. The molecular weight excluding hydrogens is 388 g/mol. The first kappa shape index (κ1) is 27.8. The van der Waals surface area contributed by atoms with E-state index in [1.54, 1.807) is 21.3 Å². The number of carbonyl (C=O) groups is 1. The third-order valence-electron chi connectivity index (χ3n) is 6.50. The largest absolute Gasteiger partial charge is 0.518 e. The molecule has 0 spiro atoms. The lowest BCUT2D eigenvalue weighted by atomic mass is 10.2. The zero-order valence-corrected chi connectivity index (χ0v) is 21.9. The van der Waals surface area contributed by atoms with Crippen LogP contribution in [0.1, 0.15) is 80.1 Å². The van der Waals surface area contributed by atoms with Crippen LogP contribution in [0, 0.1) is 5.92 Å². The minimum Gasteiger partial charge on any atom is -0.518 e. The van der Waals surface area contributed by atoms with E-state index in [9.17, 15) is 4.79 Å². The first-order chi connectivity index (χ1) is 13.2. The molecule has 0 saturated heterocycles. The lowest BCUT2D eigenvalue weighted by Crippen LogP contribution is -2.50. The van der Waals surface area contributed by atoms with Crippen molar-refractivity contribution < 1.29 is 22.5 Å². The highest BCUT2D eigenvalue weighted by Crippen LogP contribution is 2.43. The van der Waals surface area contributed by atoms with Crippen molar-refractivity contribution in [2.24, 2.45) is 5.92 Å². The van der Waals surface area contributed by atoms with Crippen molar-refractivity contribution in [3.63, 3.8) is 0 Å². The number of rotatable bonds is 16. The molecule has 0 aliphatic rings. The fourth-order valence-electron chi connectivity index (χ4n) is 4.00. The molecule has 7 heteroatoms. The van der Waals surface area contributed by atoms with Gasteiger partial charge in [0.2, 0.25) is 0 Å². The van der Waals surface area contributed by atoms with Crippen LogP contribution in [0.5, 0.6) is 0 Å². The van der Waals surface area contributed by atoms with Gasteiger partial charge < -0.3 is 17.7 Å². The monoisotopic (exact) mass is 434 g/mol. The van der Waals surface area contributed by atoms with E-state index in [1.165, 1.54) is 19.3 Å². The van der Waals surface area contributed by atoms with E-state index in [-0.39, 0.29) is 11.9 Å². The van der Waals surface area contributed by atoms with Gasteiger partial charge in [0, 0.05) is 27.4 Å². The maximum Gasteiger partial charge on any atom is 0.501 e. The molecule has 0 N–H and O–H groups in total. The van der Waals surface area contributed by atoms with E-state index in [0.717, 1.165) is 25.3 Å². The molecule has 28 heavy (non-hydrogen) atoms. The Morgan fingerprint density at radius 1 is 0.821 bits per heavy atom. The molecule has 0 rings (SSSR count). The predicted octanol–water partition coefficient (Wildman–Crippen LogP) is 6.17. The van der Waals surface area contributed by atoms with Crippen molar-refractivity contribution in [1.82, 2.24) is 0 Å². The molecule has 5 nitrogen and oxygen atoms in total. The first-order valence-electron chi connectivity index (χ1n) is 11.1. The van der Waals surface area contributed by atoms with E-state index in [4.69, 9.17) is 17.7 Å². The summed E-state index contributed by atoms with van der Waals surface area (Å²) in [6.45, 7) is 13.1. The standard InChI is InChI=1S/C21H46O5Si2/c1-10-13-14-15-16-27(19(5)11-2,20(6)12-3)26-21(22)18(4)17-28(23-7,24-8)25-9/h18-20H,10-17H2,1-9H3. The average molecular weight is 435 g/mol. The van der Waals surface area contributed by atoms with Gasteiger partial charge in [0.1, 0.15) is 0 Å². The van der Waals surface area contributed by atoms with E-state index in [1.807, 2.05) is 6.92 Å². The summed E-state index contributed by atoms with van der Waals surface area (Å²) >= 11 is 0. The van der Waals surface area contributed by atoms with Crippen molar-refractivity contribution >= 4 is 23.1 Å². The lowest BCUT2D eigenvalue weighted by Gasteiger charge is -2.41. The van der Waals surface area contributed by atoms with Gasteiger partial charge in [0.25, 0.3) is 14.3 Å². The van der Waals surface area contributed by atoms with Gasteiger partial charge in [-0.1, -0.05) is 80.1 Å². The summed E-state index contributed by atoms with van der Waals surface area (Å²) in [6.07, 6.45) is 6.95. The Bertz CT molecular complexity index is 411. The van der Waals surface area contributed by atoms with Gasteiger partial charge in [-0.15, -0.1) is 0 Å². The van der Waals surface area contributed by atoms with E-state index < -0.39 is 17.1 Å². The van der Waals surface area contributed by atoms with Crippen molar-refractivity contribution in [2.75, 3.05) is 21.3 Å². The van der Waals surface area contributed by atoms with Gasteiger partial charge in [-0.3, -0.25) is 4.79 Å². The molecule has 0 saturated carbocycles. The SMILES string of the molecule is CCCCCC[Si](OC(=O)C(C)C[Si](OC)(OC)OC)(C(C)CC)C(C)CC. The molecule has 168 valence electrons.